The normalized spacial score (nSPS) is 11.0. The van der Waals surface area contributed by atoms with Crippen molar-refractivity contribution in [3.8, 4) is 28.4 Å². The lowest BCUT2D eigenvalue weighted by Gasteiger charge is -2.14. The molecule has 7 heteroatoms. The molecule has 0 aliphatic rings. The maximum Gasteiger partial charge on any atom is 0.213 e. The van der Waals surface area contributed by atoms with Crippen molar-refractivity contribution in [2.24, 2.45) is 0 Å². The Kier molecular flexibility index (Phi) is 3.53. The molecule has 25 heavy (non-hydrogen) atoms. The van der Waals surface area contributed by atoms with Crippen molar-refractivity contribution in [1.82, 2.24) is 19.4 Å². The summed E-state index contributed by atoms with van der Waals surface area (Å²) in [5, 5.41) is 0. The molecular formula is C18H14FN5O. The molecule has 0 bridgehead atoms. The first-order valence-corrected chi connectivity index (χ1v) is 7.56. The first kappa shape index (κ1) is 15.1. The van der Waals surface area contributed by atoms with Gasteiger partial charge in [-0.1, -0.05) is 12.1 Å². The molecule has 124 valence electrons. The van der Waals surface area contributed by atoms with Gasteiger partial charge < -0.3 is 10.5 Å². The number of benzene rings is 1. The predicted molar refractivity (Wildman–Crippen MR) is 92.6 cm³/mol. The van der Waals surface area contributed by atoms with Crippen molar-refractivity contribution < 1.29 is 9.13 Å². The molecule has 1 aromatic carbocycles. The monoisotopic (exact) mass is 335 g/mol. The Morgan fingerprint density at radius 1 is 1.08 bits per heavy atom. The fourth-order valence-corrected chi connectivity index (χ4v) is 2.79. The molecule has 4 aromatic rings. The Bertz CT molecular complexity index is 1080. The summed E-state index contributed by atoms with van der Waals surface area (Å²) in [6.45, 7) is 0. The van der Waals surface area contributed by atoms with Crippen LogP contribution in [0.4, 0.5) is 10.2 Å². The summed E-state index contributed by atoms with van der Waals surface area (Å²) in [4.78, 5) is 12.9. The quantitative estimate of drug-likeness (QED) is 0.622. The molecule has 0 aliphatic heterocycles. The predicted octanol–water partition coefficient (Wildman–Crippen LogP) is 3.19. The van der Waals surface area contributed by atoms with Gasteiger partial charge in [0, 0.05) is 35.8 Å². The first-order valence-electron chi connectivity index (χ1n) is 7.56. The molecule has 3 aromatic heterocycles. The number of imidazole rings is 1. The summed E-state index contributed by atoms with van der Waals surface area (Å²) in [5.74, 6) is 0.392. The number of ether oxygens (including phenoxy) is 1. The van der Waals surface area contributed by atoms with E-state index in [1.54, 1.807) is 43.9 Å². The smallest absolute Gasteiger partial charge is 0.213 e. The summed E-state index contributed by atoms with van der Waals surface area (Å²) >= 11 is 0. The summed E-state index contributed by atoms with van der Waals surface area (Å²) in [7, 11) is 1.55. The van der Waals surface area contributed by atoms with Crippen LogP contribution in [0.1, 0.15) is 0 Å². The van der Waals surface area contributed by atoms with Crippen LogP contribution >= 0.6 is 0 Å². The zero-order valence-electron chi connectivity index (χ0n) is 13.3. The largest absolute Gasteiger partial charge is 0.481 e. The lowest BCUT2D eigenvalue weighted by atomic mass is 10.0. The van der Waals surface area contributed by atoms with Crippen molar-refractivity contribution in [3.05, 3.63) is 60.8 Å². The number of aromatic nitrogens is 4. The zero-order valence-corrected chi connectivity index (χ0v) is 13.3. The number of pyridine rings is 1. The minimum atomic E-state index is -0.346. The highest BCUT2D eigenvalue weighted by Crippen LogP contribution is 2.34. The number of nitrogens with zero attached hydrogens (tertiary/aromatic N) is 4. The van der Waals surface area contributed by atoms with Gasteiger partial charge in [0.2, 0.25) is 5.88 Å². The number of hydrogen-bond donors (Lipinski definition) is 1. The maximum atomic E-state index is 13.8. The molecule has 2 N–H and O–H groups in total. The van der Waals surface area contributed by atoms with Crippen LogP contribution in [0.5, 0.6) is 5.88 Å². The molecule has 3 heterocycles. The molecule has 0 saturated heterocycles. The second-order valence-corrected chi connectivity index (χ2v) is 5.41. The minimum Gasteiger partial charge on any atom is -0.481 e. The standard InChI is InChI=1S/C18H14FN5O/c1-25-14-10-12(5-6-21-14)16-15(11-3-2-4-13(19)9-11)23-17(20)18-22-7-8-24(16)18/h2-10H,1H3,(H2,20,23). The Hall–Kier alpha value is -3.48. The van der Waals surface area contributed by atoms with Gasteiger partial charge in [-0.25, -0.2) is 19.3 Å². The van der Waals surface area contributed by atoms with Gasteiger partial charge in [-0.3, -0.25) is 4.40 Å². The first-order chi connectivity index (χ1) is 12.2. The summed E-state index contributed by atoms with van der Waals surface area (Å²) in [6, 6.07) is 9.85. The highest BCUT2D eigenvalue weighted by molar-refractivity contribution is 5.83. The fraction of sp³-hybridized carbons (Fsp3) is 0.0556. The van der Waals surface area contributed by atoms with E-state index >= 15 is 0 Å². The lowest BCUT2D eigenvalue weighted by molar-refractivity contribution is 0.398. The number of nitrogens with two attached hydrogens (primary N) is 1. The average Bonchev–Trinajstić information content (AvgIpc) is 3.12. The van der Waals surface area contributed by atoms with Gasteiger partial charge in [0.05, 0.1) is 18.5 Å². The molecule has 6 nitrogen and oxygen atoms in total. The van der Waals surface area contributed by atoms with Gasteiger partial charge in [0.15, 0.2) is 11.5 Å². The third kappa shape index (κ3) is 2.55. The molecule has 0 spiro atoms. The van der Waals surface area contributed by atoms with E-state index in [4.69, 9.17) is 10.5 Å². The highest BCUT2D eigenvalue weighted by atomic mass is 19.1. The molecule has 0 saturated carbocycles. The average molecular weight is 335 g/mol. The van der Waals surface area contributed by atoms with Gasteiger partial charge in [-0.15, -0.1) is 0 Å². The van der Waals surface area contributed by atoms with Crippen LogP contribution in [0.2, 0.25) is 0 Å². The van der Waals surface area contributed by atoms with E-state index in [1.807, 2.05) is 10.5 Å². The molecule has 0 aliphatic carbocycles. The molecule has 0 amide bonds. The summed E-state index contributed by atoms with van der Waals surface area (Å²) in [5.41, 5.74) is 9.29. The number of nitrogen functional groups attached to an aromatic ring is 1. The number of fused-ring (bicyclic) bond motifs is 1. The van der Waals surface area contributed by atoms with Crippen LogP contribution in [0, 0.1) is 5.82 Å². The number of halogens is 1. The van der Waals surface area contributed by atoms with Gasteiger partial charge in [-0.2, -0.15) is 0 Å². The van der Waals surface area contributed by atoms with Crippen LogP contribution in [0.3, 0.4) is 0 Å². The number of rotatable bonds is 3. The van der Waals surface area contributed by atoms with E-state index in [-0.39, 0.29) is 11.6 Å². The van der Waals surface area contributed by atoms with Crippen LogP contribution in [-0.4, -0.2) is 26.5 Å². The maximum absolute atomic E-state index is 13.8. The third-order valence-electron chi connectivity index (χ3n) is 3.88. The fourth-order valence-electron chi connectivity index (χ4n) is 2.79. The second kappa shape index (κ2) is 5.86. The van der Waals surface area contributed by atoms with E-state index < -0.39 is 0 Å². The van der Waals surface area contributed by atoms with E-state index in [1.165, 1.54) is 12.1 Å². The molecular weight excluding hydrogens is 321 g/mol. The van der Waals surface area contributed by atoms with E-state index in [2.05, 4.69) is 15.0 Å². The van der Waals surface area contributed by atoms with Crippen molar-refractivity contribution >= 4 is 11.5 Å². The van der Waals surface area contributed by atoms with Crippen molar-refractivity contribution in [2.45, 2.75) is 0 Å². The zero-order chi connectivity index (χ0) is 17.4. The molecule has 4 rings (SSSR count). The van der Waals surface area contributed by atoms with Crippen LogP contribution < -0.4 is 10.5 Å². The van der Waals surface area contributed by atoms with E-state index in [0.717, 1.165) is 11.3 Å². The topological polar surface area (TPSA) is 78.3 Å². The van der Waals surface area contributed by atoms with E-state index in [0.29, 0.717) is 22.8 Å². The van der Waals surface area contributed by atoms with Gasteiger partial charge in [0.25, 0.3) is 0 Å². The van der Waals surface area contributed by atoms with Gasteiger partial charge in [0.1, 0.15) is 5.82 Å². The van der Waals surface area contributed by atoms with Crippen molar-refractivity contribution in [2.75, 3.05) is 12.8 Å². The van der Waals surface area contributed by atoms with Crippen molar-refractivity contribution in [3.63, 3.8) is 0 Å². The SMILES string of the molecule is COc1cc(-c2c(-c3cccc(F)c3)nc(N)c3nccn23)ccn1. The number of anilines is 1. The summed E-state index contributed by atoms with van der Waals surface area (Å²) < 4.78 is 20.8. The Balaban J connectivity index is 2.08. The highest BCUT2D eigenvalue weighted by Gasteiger charge is 2.17. The van der Waals surface area contributed by atoms with E-state index in [9.17, 15) is 4.39 Å². The Labute approximate surface area is 142 Å². The third-order valence-corrected chi connectivity index (χ3v) is 3.88. The lowest BCUT2D eigenvalue weighted by Crippen LogP contribution is -2.04. The molecule has 0 unspecified atom stereocenters. The van der Waals surface area contributed by atoms with Gasteiger partial charge >= 0.3 is 0 Å². The second-order valence-electron chi connectivity index (χ2n) is 5.41. The summed E-state index contributed by atoms with van der Waals surface area (Å²) in [6.07, 6.45) is 5.08. The Morgan fingerprint density at radius 3 is 2.76 bits per heavy atom. The van der Waals surface area contributed by atoms with Crippen LogP contribution in [-0.2, 0) is 0 Å². The Morgan fingerprint density at radius 2 is 1.96 bits per heavy atom. The number of methoxy groups -OCH3 is 1. The number of hydrogen-bond acceptors (Lipinski definition) is 5. The van der Waals surface area contributed by atoms with Crippen LogP contribution in [0.15, 0.2) is 55.0 Å². The minimum absolute atomic E-state index is 0.272. The molecule has 0 atom stereocenters. The van der Waals surface area contributed by atoms with Crippen molar-refractivity contribution in [1.29, 1.82) is 0 Å². The molecule has 0 fully saturated rings. The molecule has 0 radical (unpaired) electrons. The van der Waals surface area contributed by atoms with Crippen LogP contribution in [0.25, 0.3) is 28.2 Å². The van der Waals surface area contributed by atoms with Gasteiger partial charge in [-0.05, 0) is 18.2 Å².